The number of rotatable bonds is 12. The van der Waals surface area contributed by atoms with Crippen LogP contribution in [0.1, 0.15) is 10.4 Å². The van der Waals surface area contributed by atoms with E-state index in [4.69, 9.17) is 5.11 Å². The van der Waals surface area contributed by atoms with Gasteiger partial charge in [-0.1, -0.05) is 0 Å². The van der Waals surface area contributed by atoms with Crippen LogP contribution in [0.3, 0.4) is 0 Å². The third kappa shape index (κ3) is 5.74. The SMILES string of the molecule is O=C(O)c1ccc(OCC(F)(F)C(F)(F)C(F)(F)C(F)(F)F)c(OCC(F)(F)C(F)(F)C(F)(F)C(F)F)c1. The van der Waals surface area contributed by atoms with E-state index in [1.165, 1.54) is 0 Å². The van der Waals surface area contributed by atoms with Crippen LogP contribution in [-0.4, -0.2) is 72.4 Å². The molecule has 0 bridgehead atoms. The molecule has 38 heavy (non-hydrogen) atoms. The van der Waals surface area contributed by atoms with Gasteiger partial charge in [0.05, 0.1) is 5.56 Å². The molecular weight excluding hydrogens is 591 g/mol. The number of hydrogen-bond acceptors (Lipinski definition) is 3. The minimum atomic E-state index is -7.37. The van der Waals surface area contributed by atoms with Gasteiger partial charge in [0.1, 0.15) is 0 Å². The van der Waals surface area contributed by atoms with Gasteiger partial charge in [-0.15, -0.1) is 0 Å². The van der Waals surface area contributed by atoms with Crippen molar-refractivity contribution in [2.45, 2.75) is 48.1 Å². The summed E-state index contributed by atoms with van der Waals surface area (Å²) < 4.78 is 228. The molecule has 21 heteroatoms. The molecular formula is C17H9F17O4. The average molecular weight is 600 g/mol. The van der Waals surface area contributed by atoms with Crippen LogP contribution in [0.15, 0.2) is 18.2 Å². The number of ether oxygens (including phenoxy) is 2. The minimum Gasteiger partial charge on any atom is -0.483 e. The number of aromatic carboxylic acids is 1. The molecule has 1 aromatic carbocycles. The van der Waals surface area contributed by atoms with Crippen molar-refractivity contribution in [1.29, 1.82) is 0 Å². The Labute approximate surface area is 197 Å². The molecule has 0 saturated heterocycles. The average Bonchev–Trinajstić information content (AvgIpc) is 2.74. The second-order valence-corrected chi connectivity index (χ2v) is 7.10. The summed E-state index contributed by atoms with van der Waals surface area (Å²) in [5.41, 5.74) is -1.11. The molecule has 0 fully saturated rings. The number of halogens is 17. The Kier molecular flexibility index (Phi) is 8.72. The zero-order valence-electron chi connectivity index (χ0n) is 17.3. The van der Waals surface area contributed by atoms with Crippen LogP contribution in [0.5, 0.6) is 11.5 Å². The Morgan fingerprint density at radius 2 is 1.11 bits per heavy atom. The molecule has 0 aliphatic heterocycles. The van der Waals surface area contributed by atoms with E-state index < -0.39 is 84.4 Å². The first kappa shape index (κ1) is 33.1. The Balaban J connectivity index is 3.35. The lowest BCUT2D eigenvalue weighted by Gasteiger charge is -2.33. The number of benzene rings is 1. The fourth-order valence-corrected chi connectivity index (χ4v) is 2.18. The van der Waals surface area contributed by atoms with Crippen LogP contribution in [0.4, 0.5) is 74.6 Å². The summed E-state index contributed by atoms with van der Waals surface area (Å²) in [7, 11) is 0. The number of alkyl halides is 17. The van der Waals surface area contributed by atoms with E-state index in [9.17, 15) is 79.4 Å². The van der Waals surface area contributed by atoms with Gasteiger partial charge in [-0.3, -0.25) is 0 Å². The maximum absolute atomic E-state index is 13.7. The molecule has 0 saturated carbocycles. The predicted octanol–water partition coefficient (Wildman–Crippen LogP) is 6.78. The highest BCUT2D eigenvalue weighted by atomic mass is 19.4. The molecule has 0 radical (unpaired) electrons. The fourth-order valence-electron chi connectivity index (χ4n) is 2.18. The molecule has 4 nitrogen and oxygen atoms in total. The van der Waals surface area contributed by atoms with Gasteiger partial charge < -0.3 is 14.6 Å². The standard InChI is InChI=1S/C17H9F17O4/c18-10(19)13(24,25)14(26,27)11(20,21)4-38-8-3-6(9(35)36)1-2-7(8)37-5-12(22,23)15(28,29)16(30,31)17(32,33)34/h1-3,10H,4-5H2,(H,35,36). The second-order valence-electron chi connectivity index (χ2n) is 7.10. The third-order valence-corrected chi connectivity index (χ3v) is 4.37. The van der Waals surface area contributed by atoms with Crippen molar-refractivity contribution in [1.82, 2.24) is 0 Å². The van der Waals surface area contributed by atoms with E-state index in [1.54, 1.807) is 0 Å². The van der Waals surface area contributed by atoms with E-state index >= 15 is 0 Å². The van der Waals surface area contributed by atoms with Crippen molar-refractivity contribution in [3.05, 3.63) is 23.8 Å². The van der Waals surface area contributed by atoms with Gasteiger partial charge in [0.25, 0.3) is 0 Å². The zero-order chi connectivity index (χ0) is 30.3. The molecule has 1 N–H and O–H groups in total. The summed E-state index contributed by atoms with van der Waals surface area (Å²) in [4.78, 5) is 10.9. The zero-order valence-corrected chi connectivity index (χ0v) is 17.3. The van der Waals surface area contributed by atoms with Crippen LogP contribution in [0.25, 0.3) is 0 Å². The largest absolute Gasteiger partial charge is 0.483 e. The molecule has 0 atom stereocenters. The summed E-state index contributed by atoms with van der Waals surface area (Å²) in [6, 6.07) is 0.263. The van der Waals surface area contributed by atoms with Gasteiger partial charge in [0.15, 0.2) is 24.7 Å². The van der Waals surface area contributed by atoms with Gasteiger partial charge in [0.2, 0.25) is 0 Å². The molecule has 0 spiro atoms. The summed E-state index contributed by atoms with van der Waals surface area (Å²) in [6.07, 6.45) is -12.6. The van der Waals surface area contributed by atoms with Gasteiger partial charge in [-0.05, 0) is 18.2 Å². The lowest BCUT2D eigenvalue weighted by atomic mass is 10.0. The van der Waals surface area contributed by atoms with Gasteiger partial charge in [-0.2, -0.15) is 65.9 Å². The normalized spacial score (nSPS) is 14.6. The molecule has 1 aromatic rings. The van der Waals surface area contributed by atoms with E-state index in [-0.39, 0.29) is 18.2 Å². The number of carboxylic acids is 1. The van der Waals surface area contributed by atoms with Crippen LogP contribution >= 0.6 is 0 Å². The van der Waals surface area contributed by atoms with Crippen molar-refractivity contribution in [3.8, 4) is 11.5 Å². The van der Waals surface area contributed by atoms with Crippen LogP contribution in [0, 0.1) is 0 Å². The summed E-state index contributed by atoms with van der Waals surface area (Å²) in [5.74, 6) is -46.3. The molecule has 0 aromatic heterocycles. The Morgan fingerprint density at radius 3 is 1.50 bits per heavy atom. The number of carboxylic acid groups (broad SMARTS) is 1. The highest BCUT2D eigenvalue weighted by molar-refractivity contribution is 5.88. The van der Waals surface area contributed by atoms with Crippen LogP contribution in [0.2, 0.25) is 0 Å². The maximum atomic E-state index is 13.7. The van der Waals surface area contributed by atoms with Gasteiger partial charge in [-0.25, -0.2) is 13.6 Å². The Morgan fingerprint density at radius 1 is 0.684 bits per heavy atom. The molecule has 0 heterocycles. The molecule has 0 amide bonds. The van der Waals surface area contributed by atoms with Crippen LogP contribution < -0.4 is 9.47 Å². The highest BCUT2D eigenvalue weighted by Gasteiger charge is 2.82. The third-order valence-electron chi connectivity index (χ3n) is 4.37. The Hall–Kier alpha value is -2.90. The van der Waals surface area contributed by atoms with E-state index in [2.05, 4.69) is 9.47 Å². The molecule has 1 rings (SSSR count). The lowest BCUT2D eigenvalue weighted by molar-refractivity contribution is -0.398. The van der Waals surface area contributed by atoms with Crippen molar-refractivity contribution in [3.63, 3.8) is 0 Å². The maximum Gasteiger partial charge on any atom is 0.460 e. The van der Waals surface area contributed by atoms with Crippen molar-refractivity contribution in [2.75, 3.05) is 13.2 Å². The summed E-state index contributed by atoms with van der Waals surface area (Å²) in [6.45, 7) is -6.19. The number of carbonyl (C=O) groups is 1. The fraction of sp³-hybridized carbons (Fsp3) is 0.588. The van der Waals surface area contributed by atoms with Crippen molar-refractivity contribution < 1.29 is 94.0 Å². The molecule has 220 valence electrons. The number of hydrogen-bond donors (Lipinski definition) is 1. The first-order valence-corrected chi connectivity index (χ1v) is 8.92. The first-order valence-electron chi connectivity index (χ1n) is 8.92. The topological polar surface area (TPSA) is 55.8 Å². The smallest absolute Gasteiger partial charge is 0.460 e. The summed E-state index contributed by atoms with van der Waals surface area (Å²) >= 11 is 0. The van der Waals surface area contributed by atoms with Crippen molar-refractivity contribution in [2.24, 2.45) is 0 Å². The summed E-state index contributed by atoms with van der Waals surface area (Å²) in [5, 5.41) is 8.80. The first-order chi connectivity index (χ1) is 16.7. The Bertz CT molecular complexity index is 1000. The van der Waals surface area contributed by atoms with E-state index in [0.717, 1.165) is 0 Å². The van der Waals surface area contributed by atoms with Gasteiger partial charge in [0, 0.05) is 0 Å². The molecule has 0 aliphatic carbocycles. The highest BCUT2D eigenvalue weighted by Crippen LogP contribution is 2.53. The van der Waals surface area contributed by atoms with Crippen molar-refractivity contribution >= 4 is 5.97 Å². The van der Waals surface area contributed by atoms with E-state index in [1.807, 2.05) is 0 Å². The predicted molar refractivity (Wildman–Crippen MR) is 86.1 cm³/mol. The van der Waals surface area contributed by atoms with Gasteiger partial charge >= 0.3 is 54.1 Å². The van der Waals surface area contributed by atoms with E-state index in [0.29, 0.717) is 0 Å². The monoisotopic (exact) mass is 600 g/mol. The molecule has 0 unspecified atom stereocenters. The van der Waals surface area contributed by atoms with Crippen LogP contribution in [-0.2, 0) is 0 Å². The second kappa shape index (κ2) is 10.0. The lowest BCUT2D eigenvalue weighted by Crippen LogP contribution is -2.62. The quantitative estimate of drug-likeness (QED) is 0.269. The molecule has 0 aliphatic rings. The minimum absolute atomic E-state index is 0.0545.